The number of rotatable bonds is 1. The molecule has 1 aliphatic heterocycles. The predicted octanol–water partition coefficient (Wildman–Crippen LogP) is 4.78. The molecule has 3 rings (SSSR count). The molecule has 1 heterocycles. The van der Waals surface area contributed by atoms with Crippen molar-refractivity contribution in [3.05, 3.63) is 56.9 Å². The molecule has 6 heteroatoms. The van der Waals surface area contributed by atoms with Crippen LogP contribution in [0.15, 0.2) is 46.2 Å². The lowest BCUT2D eigenvalue weighted by molar-refractivity contribution is -0.112. The summed E-state index contributed by atoms with van der Waals surface area (Å²) in [5.74, 6) is -0.324. The van der Waals surface area contributed by atoms with Crippen molar-refractivity contribution in [3.8, 4) is 5.75 Å². The second-order valence-electron chi connectivity index (χ2n) is 4.39. The maximum absolute atomic E-state index is 12.1. The van der Waals surface area contributed by atoms with E-state index in [9.17, 15) is 9.90 Å². The van der Waals surface area contributed by atoms with Crippen LogP contribution in [0.4, 0.5) is 5.69 Å². The molecule has 21 heavy (non-hydrogen) atoms. The fourth-order valence-electron chi connectivity index (χ4n) is 1.94. The third-order valence-corrected chi connectivity index (χ3v) is 4.53. The van der Waals surface area contributed by atoms with E-state index in [0.29, 0.717) is 15.5 Å². The van der Waals surface area contributed by atoms with Gasteiger partial charge in [0.15, 0.2) is 0 Å². The summed E-state index contributed by atoms with van der Waals surface area (Å²) in [6, 6.07) is 10.5. The highest BCUT2D eigenvalue weighted by atomic mass is 35.5. The number of para-hydroxylation sites is 1. The Bertz CT molecular complexity index is 774. The van der Waals surface area contributed by atoms with Gasteiger partial charge in [0.2, 0.25) is 0 Å². The molecule has 2 N–H and O–H groups in total. The molecule has 0 unspecified atom stereocenters. The van der Waals surface area contributed by atoms with E-state index in [1.165, 1.54) is 17.8 Å². The lowest BCUT2D eigenvalue weighted by Gasteiger charge is -2.18. The number of aromatic hydroxyl groups is 1. The van der Waals surface area contributed by atoms with Gasteiger partial charge in [0.1, 0.15) is 5.75 Å². The number of carbonyl (C=O) groups excluding carboxylic acids is 1. The number of hydrogen-bond acceptors (Lipinski definition) is 3. The summed E-state index contributed by atoms with van der Waals surface area (Å²) in [7, 11) is 0. The van der Waals surface area contributed by atoms with E-state index < -0.39 is 0 Å². The van der Waals surface area contributed by atoms with Crippen LogP contribution in [-0.4, -0.2) is 11.0 Å². The maximum atomic E-state index is 12.1. The molecule has 0 saturated heterocycles. The molecule has 3 nitrogen and oxygen atoms in total. The molecule has 0 bridgehead atoms. The zero-order valence-electron chi connectivity index (χ0n) is 10.6. The van der Waals surface area contributed by atoms with Gasteiger partial charge in [0, 0.05) is 15.5 Å². The number of phenolic OH excluding ortho intramolecular Hbond substituents is 1. The number of carbonyl (C=O) groups is 1. The van der Waals surface area contributed by atoms with Crippen LogP contribution in [0.5, 0.6) is 5.75 Å². The van der Waals surface area contributed by atoms with E-state index in [1.54, 1.807) is 12.1 Å². The molecule has 0 fully saturated rings. The average molecular weight is 338 g/mol. The molecule has 0 spiro atoms. The van der Waals surface area contributed by atoms with E-state index in [4.69, 9.17) is 23.2 Å². The first-order chi connectivity index (χ1) is 10.0. The lowest BCUT2D eigenvalue weighted by atomic mass is 10.2. The molecule has 0 aromatic heterocycles. The molecule has 1 amide bonds. The Balaban J connectivity index is 2.03. The van der Waals surface area contributed by atoms with Gasteiger partial charge in [-0.1, -0.05) is 47.1 Å². The Kier molecular flexibility index (Phi) is 3.85. The van der Waals surface area contributed by atoms with Crippen molar-refractivity contribution in [1.82, 2.24) is 0 Å². The van der Waals surface area contributed by atoms with Crippen molar-refractivity contribution in [2.24, 2.45) is 0 Å². The van der Waals surface area contributed by atoms with Crippen molar-refractivity contribution in [2.45, 2.75) is 4.90 Å². The lowest BCUT2D eigenvalue weighted by Crippen LogP contribution is -2.17. The molecule has 2 aromatic rings. The van der Waals surface area contributed by atoms with E-state index in [0.717, 1.165) is 10.6 Å². The van der Waals surface area contributed by atoms with E-state index >= 15 is 0 Å². The fourth-order valence-corrected chi connectivity index (χ4v) is 3.39. The summed E-state index contributed by atoms with van der Waals surface area (Å²) < 4.78 is 0. The molecule has 1 aliphatic rings. The summed E-state index contributed by atoms with van der Waals surface area (Å²) in [6.07, 6.45) is 1.57. The minimum Gasteiger partial charge on any atom is -0.506 e. The summed E-state index contributed by atoms with van der Waals surface area (Å²) in [5, 5.41) is 13.3. The van der Waals surface area contributed by atoms with Crippen LogP contribution in [0.25, 0.3) is 6.08 Å². The van der Waals surface area contributed by atoms with Gasteiger partial charge >= 0.3 is 0 Å². The first-order valence-electron chi connectivity index (χ1n) is 6.02. The van der Waals surface area contributed by atoms with Crippen molar-refractivity contribution >= 4 is 52.6 Å². The van der Waals surface area contributed by atoms with E-state index in [2.05, 4.69) is 5.32 Å². The Morgan fingerprint density at radius 3 is 2.76 bits per heavy atom. The first kappa shape index (κ1) is 14.3. The van der Waals surface area contributed by atoms with Gasteiger partial charge in [-0.05, 0) is 30.3 Å². The summed E-state index contributed by atoms with van der Waals surface area (Å²) in [4.78, 5) is 13.5. The molecule has 0 radical (unpaired) electrons. The van der Waals surface area contributed by atoms with Crippen LogP contribution in [0.1, 0.15) is 5.56 Å². The third-order valence-electron chi connectivity index (χ3n) is 2.92. The zero-order valence-corrected chi connectivity index (χ0v) is 12.9. The highest BCUT2D eigenvalue weighted by molar-refractivity contribution is 8.04. The van der Waals surface area contributed by atoms with Crippen LogP contribution in [-0.2, 0) is 4.79 Å². The van der Waals surface area contributed by atoms with Gasteiger partial charge in [-0.25, -0.2) is 0 Å². The van der Waals surface area contributed by atoms with Gasteiger partial charge in [-0.15, -0.1) is 0 Å². The highest BCUT2D eigenvalue weighted by Gasteiger charge is 2.21. The fraction of sp³-hybridized carbons (Fsp3) is 0. The third kappa shape index (κ3) is 2.88. The number of amides is 1. The SMILES string of the molecule is O=C1Nc2ccccc2S/C1=C\c1cc(Cl)cc(Cl)c1O. The minimum atomic E-state index is -0.228. The van der Waals surface area contributed by atoms with E-state index in [-0.39, 0.29) is 16.7 Å². The van der Waals surface area contributed by atoms with Gasteiger partial charge in [-0.2, -0.15) is 0 Å². The molecule has 0 saturated carbocycles. The normalized spacial score (nSPS) is 15.7. The second kappa shape index (κ2) is 5.64. The van der Waals surface area contributed by atoms with Gasteiger partial charge in [0.25, 0.3) is 5.91 Å². The van der Waals surface area contributed by atoms with Crippen molar-refractivity contribution < 1.29 is 9.90 Å². The number of anilines is 1. The number of thioether (sulfide) groups is 1. The Hall–Kier alpha value is -1.62. The Morgan fingerprint density at radius 2 is 1.95 bits per heavy atom. The van der Waals surface area contributed by atoms with Crippen LogP contribution in [0.3, 0.4) is 0 Å². The second-order valence-corrected chi connectivity index (χ2v) is 6.31. The Labute approximate surface area is 135 Å². The average Bonchev–Trinajstić information content (AvgIpc) is 2.45. The number of benzene rings is 2. The summed E-state index contributed by atoms with van der Waals surface area (Å²) in [5.41, 5.74) is 1.18. The van der Waals surface area contributed by atoms with E-state index in [1.807, 2.05) is 24.3 Å². The highest BCUT2D eigenvalue weighted by Crippen LogP contribution is 2.40. The van der Waals surface area contributed by atoms with Gasteiger partial charge < -0.3 is 10.4 Å². The van der Waals surface area contributed by atoms with Crippen molar-refractivity contribution in [1.29, 1.82) is 0 Å². The maximum Gasteiger partial charge on any atom is 0.262 e. The van der Waals surface area contributed by atoms with Crippen LogP contribution < -0.4 is 5.32 Å². The van der Waals surface area contributed by atoms with Crippen LogP contribution in [0.2, 0.25) is 10.0 Å². The minimum absolute atomic E-state index is 0.0965. The standard InChI is InChI=1S/C15H9Cl2NO2S/c16-9-5-8(14(19)10(17)7-9)6-13-15(20)18-11-3-1-2-4-12(11)21-13/h1-7,19H,(H,18,20)/b13-6-. The molecule has 0 atom stereocenters. The number of halogens is 2. The van der Waals surface area contributed by atoms with Gasteiger partial charge in [0.05, 0.1) is 15.6 Å². The van der Waals surface area contributed by atoms with Gasteiger partial charge in [-0.3, -0.25) is 4.79 Å². The molecule has 0 aliphatic carbocycles. The monoisotopic (exact) mass is 337 g/mol. The van der Waals surface area contributed by atoms with Crippen LogP contribution in [0, 0.1) is 0 Å². The number of hydrogen-bond donors (Lipinski definition) is 2. The quantitative estimate of drug-likeness (QED) is 0.736. The van der Waals surface area contributed by atoms with Crippen molar-refractivity contribution in [2.75, 3.05) is 5.32 Å². The summed E-state index contributed by atoms with van der Waals surface area (Å²) >= 11 is 13.1. The zero-order chi connectivity index (χ0) is 15.0. The first-order valence-corrected chi connectivity index (χ1v) is 7.60. The molecule has 2 aromatic carbocycles. The number of nitrogens with one attached hydrogen (secondary N) is 1. The number of phenols is 1. The molecule has 106 valence electrons. The molecular formula is C15H9Cl2NO2S. The smallest absolute Gasteiger partial charge is 0.262 e. The van der Waals surface area contributed by atoms with Crippen molar-refractivity contribution in [3.63, 3.8) is 0 Å². The topological polar surface area (TPSA) is 49.3 Å². The Morgan fingerprint density at radius 1 is 1.19 bits per heavy atom. The molecular weight excluding hydrogens is 329 g/mol. The summed E-state index contributed by atoms with van der Waals surface area (Å²) in [6.45, 7) is 0. The number of fused-ring (bicyclic) bond motifs is 1. The predicted molar refractivity (Wildman–Crippen MR) is 87.0 cm³/mol. The largest absolute Gasteiger partial charge is 0.506 e. The van der Waals surface area contributed by atoms with Crippen LogP contribution >= 0.6 is 35.0 Å².